The predicted octanol–water partition coefficient (Wildman–Crippen LogP) is 2.87. The Balaban J connectivity index is 2.73. The summed E-state index contributed by atoms with van der Waals surface area (Å²) in [4.78, 5) is 0. The van der Waals surface area contributed by atoms with Crippen molar-refractivity contribution in [3.63, 3.8) is 0 Å². The SMILES string of the molecule is CC(=NNc1ccc(F)cc1)C(C)=C(C)N. The zero-order valence-electron chi connectivity index (χ0n) is 9.71. The molecule has 0 saturated heterocycles. The Morgan fingerprint density at radius 3 is 2.25 bits per heavy atom. The van der Waals surface area contributed by atoms with Gasteiger partial charge in [-0.2, -0.15) is 5.10 Å². The third-order valence-corrected chi connectivity index (χ3v) is 2.33. The molecule has 0 aliphatic heterocycles. The minimum absolute atomic E-state index is 0.264. The molecule has 1 rings (SSSR count). The maximum absolute atomic E-state index is 12.6. The Kier molecular flexibility index (Phi) is 4.05. The molecular weight excluding hydrogens is 205 g/mol. The fourth-order valence-corrected chi connectivity index (χ4v) is 1.04. The normalized spacial score (nSPS) is 13.4. The van der Waals surface area contributed by atoms with Gasteiger partial charge in [0.05, 0.1) is 11.4 Å². The van der Waals surface area contributed by atoms with E-state index in [1.807, 2.05) is 20.8 Å². The molecule has 86 valence electrons. The second-order valence-corrected chi connectivity index (χ2v) is 3.62. The van der Waals surface area contributed by atoms with Crippen molar-refractivity contribution in [1.82, 2.24) is 0 Å². The zero-order valence-corrected chi connectivity index (χ0v) is 9.71. The van der Waals surface area contributed by atoms with E-state index < -0.39 is 0 Å². The van der Waals surface area contributed by atoms with Crippen LogP contribution in [0.5, 0.6) is 0 Å². The summed E-state index contributed by atoms with van der Waals surface area (Å²) >= 11 is 0. The van der Waals surface area contributed by atoms with E-state index in [0.29, 0.717) is 0 Å². The average molecular weight is 221 g/mol. The summed E-state index contributed by atoms with van der Waals surface area (Å²) in [5, 5.41) is 4.15. The lowest BCUT2D eigenvalue weighted by Crippen LogP contribution is -2.05. The van der Waals surface area contributed by atoms with Crippen molar-refractivity contribution in [2.75, 3.05) is 5.43 Å². The number of anilines is 1. The molecule has 0 bridgehead atoms. The van der Waals surface area contributed by atoms with Crippen LogP contribution in [-0.4, -0.2) is 5.71 Å². The molecule has 4 heteroatoms. The summed E-state index contributed by atoms with van der Waals surface area (Å²) < 4.78 is 12.6. The highest BCUT2D eigenvalue weighted by Crippen LogP contribution is 2.09. The maximum atomic E-state index is 12.6. The second-order valence-electron chi connectivity index (χ2n) is 3.62. The van der Waals surface area contributed by atoms with Crippen molar-refractivity contribution in [3.05, 3.63) is 41.4 Å². The number of rotatable bonds is 3. The van der Waals surface area contributed by atoms with Gasteiger partial charge >= 0.3 is 0 Å². The molecule has 0 unspecified atom stereocenters. The lowest BCUT2D eigenvalue weighted by molar-refractivity contribution is 0.628. The molecule has 0 fully saturated rings. The van der Waals surface area contributed by atoms with E-state index in [1.54, 1.807) is 12.1 Å². The van der Waals surface area contributed by atoms with Crippen LogP contribution in [0.2, 0.25) is 0 Å². The number of nitrogens with one attached hydrogen (secondary N) is 1. The van der Waals surface area contributed by atoms with Crippen LogP contribution in [0.15, 0.2) is 40.6 Å². The molecular formula is C12H16FN3. The van der Waals surface area contributed by atoms with Gasteiger partial charge < -0.3 is 5.73 Å². The number of allylic oxidation sites excluding steroid dienone is 2. The Labute approximate surface area is 94.9 Å². The van der Waals surface area contributed by atoms with E-state index >= 15 is 0 Å². The minimum Gasteiger partial charge on any atom is -0.402 e. The van der Waals surface area contributed by atoms with E-state index in [4.69, 9.17) is 5.73 Å². The maximum Gasteiger partial charge on any atom is 0.123 e. The largest absolute Gasteiger partial charge is 0.402 e. The molecule has 1 aromatic rings. The van der Waals surface area contributed by atoms with Crippen molar-refractivity contribution in [2.24, 2.45) is 10.8 Å². The summed E-state index contributed by atoms with van der Waals surface area (Å²) in [6, 6.07) is 6.01. The molecule has 0 aromatic heterocycles. The Hall–Kier alpha value is -1.84. The van der Waals surface area contributed by atoms with Crippen LogP contribution >= 0.6 is 0 Å². The van der Waals surface area contributed by atoms with Crippen LogP contribution in [0.4, 0.5) is 10.1 Å². The fourth-order valence-electron chi connectivity index (χ4n) is 1.04. The van der Waals surface area contributed by atoms with E-state index in [1.165, 1.54) is 12.1 Å². The highest BCUT2D eigenvalue weighted by Gasteiger charge is 1.97. The van der Waals surface area contributed by atoms with Crippen LogP contribution in [0.25, 0.3) is 0 Å². The number of benzene rings is 1. The smallest absolute Gasteiger partial charge is 0.123 e. The summed E-state index contributed by atoms with van der Waals surface area (Å²) in [5.74, 6) is -0.264. The molecule has 3 N–H and O–H groups in total. The molecule has 1 aromatic carbocycles. The van der Waals surface area contributed by atoms with Gasteiger partial charge in [-0.25, -0.2) is 4.39 Å². The molecule has 0 saturated carbocycles. The van der Waals surface area contributed by atoms with Crippen molar-refractivity contribution in [3.8, 4) is 0 Å². The third-order valence-electron chi connectivity index (χ3n) is 2.33. The van der Waals surface area contributed by atoms with Crippen LogP contribution in [-0.2, 0) is 0 Å². The topological polar surface area (TPSA) is 50.4 Å². The number of nitrogens with zero attached hydrogens (tertiary/aromatic N) is 1. The van der Waals surface area contributed by atoms with Gasteiger partial charge in [0.2, 0.25) is 0 Å². The summed E-state index contributed by atoms with van der Waals surface area (Å²) in [6.07, 6.45) is 0. The van der Waals surface area contributed by atoms with Crippen molar-refractivity contribution < 1.29 is 4.39 Å². The molecule has 0 heterocycles. The average Bonchev–Trinajstić information content (AvgIpc) is 2.26. The predicted molar refractivity (Wildman–Crippen MR) is 65.7 cm³/mol. The van der Waals surface area contributed by atoms with Gasteiger partial charge in [0.15, 0.2) is 0 Å². The summed E-state index contributed by atoms with van der Waals surface area (Å²) in [5.41, 5.74) is 11.7. The highest BCUT2D eigenvalue weighted by molar-refractivity contribution is 5.98. The highest BCUT2D eigenvalue weighted by atomic mass is 19.1. The van der Waals surface area contributed by atoms with E-state index in [-0.39, 0.29) is 5.82 Å². The zero-order chi connectivity index (χ0) is 12.1. The molecule has 16 heavy (non-hydrogen) atoms. The van der Waals surface area contributed by atoms with Crippen molar-refractivity contribution in [1.29, 1.82) is 0 Å². The molecule has 0 atom stereocenters. The van der Waals surface area contributed by atoms with Gasteiger partial charge in [-0.3, -0.25) is 5.43 Å². The van der Waals surface area contributed by atoms with Crippen LogP contribution in [0, 0.1) is 5.82 Å². The lowest BCUT2D eigenvalue weighted by Gasteiger charge is -2.05. The summed E-state index contributed by atoms with van der Waals surface area (Å²) in [6.45, 7) is 5.59. The van der Waals surface area contributed by atoms with E-state index in [2.05, 4.69) is 10.5 Å². The summed E-state index contributed by atoms with van der Waals surface area (Å²) in [7, 11) is 0. The number of hydrogen-bond acceptors (Lipinski definition) is 3. The van der Waals surface area contributed by atoms with Crippen LogP contribution in [0.1, 0.15) is 20.8 Å². The van der Waals surface area contributed by atoms with Gasteiger partial charge in [-0.1, -0.05) is 0 Å². The van der Waals surface area contributed by atoms with E-state index in [0.717, 1.165) is 22.7 Å². The van der Waals surface area contributed by atoms with Crippen molar-refractivity contribution in [2.45, 2.75) is 20.8 Å². The Morgan fingerprint density at radius 1 is 1.19 bits per heavy atom. The van der Waals surface area contributed by atoms with Gasteiger partial charge in [0, 0.05) is 5.70 Å². The first kappa shape index (κ1) is 12.2. The number of hydrogen-bond donors (Lipinski definition) is 2. The molecule has 3 nitrogen and oxygen atoms in total. The first-order chi connectivity index (χ1) is 7.50. The lowest BCUT2D eigenvalue weighted by atomic mass is 10.2. The third kappa shape index (κ3) is 3.38. The molecule has 0 radical (unpaired) electrons. The van der Waals surface area contributed by atoms with Crippen molar-refractivity contribution >= 4 is 11.4 Å². The fraction of sp³-hybridized carbons (Fsp3) is 0.250. The first-order valence-corrected chi connectivity index (χ1v) is 5.00. The first-order valence-electron chi connectivity index (χ1n) is 5.00. The van der Waals surface area contributed by atoms with Crippen LogP contribution in [0.3, 0.4) is 0 Å². The van der Waals surface area contributed by atoms with Gasteiger partial charge in [0.25, 0.3) is 0 Å². The van der Waals surface area contributed by atoms with Gasteiger partial charge in [0.1, 0.15) is 5.82 Å². The molecule has 0 aliphatic carbocycles. The Morgan fingerprint density at radius 2 is 1.75 bits per heavy atom. The quantitative estimate of drug-likeness (QED) is 0.609. The number of nitrogens with two attached hydrogens (primary N) is 1. The molecule has 0 aliphatic rings. The molecule has 0 spiro atoms. The monoisotopic (exact) mass is 221 g/mol. The van der Waals surface area contributed by atoms with Gasteiger partial charge in [-0.15, -0.1) is 0 Å². The second kappa shape index (κ2) is 5.30. The number of halogens is 1. The standard InChI is InChI=1S/C12H16FN3/c1-8(9(2)14)10(3)15-16-12-6-4-11(13)5-7-12/h4-7,16H,14H2,1-3H3. The Bertz CT molecular complexity index is 414. The molecule has 0 amide bonds. The van der Waals surface area contributed by atoms with Gasteiger partial charge in [-0.05, 0) is 50.6 Å². The minimum atomic E-state index is -0.264. The van der Waals surface area contributed by atoms with Crippen LogP contribution < -0.4 is 11.2 Å². The number of hydrazone groups is 1. The van der Waals surface area contributed by atoms with E-state index in [9.17, 15) is 4.39 Å².